The van der Waals surface area contributed by atoms with Crippen LogP contribution in [0.5, 0.6) is 5.75 Å². The maximum Gasteiger partial charge on any atom is 0.417 e. The molecule has 0 saturated heterocycles. The van der Waals surface area contributed by atoms with Crippen LogP contribution in [0, 0.1) is 0 Å². The molecule has 27 heavy (non-hydrogen) atoms. The lowest BCUT2D eigenvalue weighted by molar-refractivity contribution is -0.137. The van der Waals surface area contributed by atoms with E-state index in [1.54, 1.807) is 24.3 Å². The van der Waals surface area contributed by atoms with E-state index in [-0.39, 0.29) is 22.1 Å². The fourth-order valence-electron chi connectivity index (χ4n) is 2.53. The second-order valence-corrected chi connectivity index (χ2v) is 6.36. The van der Waals surface area contributed by atoms with Gasteiger partial charge < -0.3 is 15.7 Å². The number of benzene rings is 3. The molecule has 2 amide bonds. The van der Waals surface area contributed by atoms with Crippen LogP contribution in [0.1, 0.15) is 5.56 Å². The molecule has 4 nitrogen and oxygen atoms in total. The van der Waals surface area contributed by atoms with Crippen molar-refractivity contribution in [2.24, 2.45) is 0 Å². The number of phenols is 1. The Morgan fingerprint density at radius 3 is 2.44 bits per heavy atom. The standard InChI is InChI=1S/C18H11Cl2F3N2O2/c19-12-6-5-10(8-11(12)18(21,22)23)24-17(27)25-13-3-1-2-9-4-7-14(26)16(20)15(9)13/h1-8,26H,(H2,24,25,27). The molecule has 0 aliphatic rings. The number of urea groups is 1. The zero-order valence-electron chi connectivity index (χ0n) is 13.4. The zero-order valence-corrected chi connectivity index (χ0v) is 14.9. The van der Waals surface area contributed by atoms with E-state index in [0.717, 1.165) is 12.1 Å². The lowest BCUT2D eigenvalue weighted by Gasteiger charge is -2.14. The lowest BCUT2D eigenvalue weighted by atomic mass is 10.1. The highest BCUT2D eigenvalue weighted by atomic mass is 35.5. The first kappa shape index (κ1) is 19.1. The Morgan fingerprint density at radius 1 is 1.00 bits per heavy atom. The molecule has 3 aromatic carbocycles. The van der Waals surface area contributed by atoms with Gasteiger partial charge in [-0.15, -0.1) is 0 Å². The Balaban J connectivity index is 1.87. The monoisotopic (exact) mass is 414 g/mol. The Labute approximate surface area is 161 Å². The van der Waals surface area contributed by atoms with Gasteiger partial charge in [0.05, 0.1) is 21.3 Å². The molecule has 140 valence electrons. The topological polar surface area (TPSA) is 61.4 Å². The second-order valence-electron chi connectivity index (χ2n) is 5.57. The van der Waals surface area contributed by atoms with Crippen molar-refractivity contribution in [2.75, 3.05) is 10.6 Å². The van der Waals surface area contributed by atoms with Crippen LogP contribution >= 0.6 is 23.2 Å². The largest absolute Gasteiger partial charge is 0.506 e. The predicted molar refractivity (Wildman–Crippen MR) is 99.7 cm³/mol. The van der Waals surface area contributed by atoms with E-state index < -0.39 is 22.8 Å². The predicted octanol–water partition coefficient (Wildman–Crippen LogP) is 6.52. The average molecular weight is 415 g/mol. The number of anilines is 2. The average Bonchev–Trinajstić information content (AvgIpc) is 2.59. The minimum Gasteiger partial charge on any atom is -0.506 e. The Bertz CT molecular complexity index is 1040. The molecule has 3 rings (SSSR count). The molecule has 0 heterocycles. The summed E-state index contributed by atoms with van der Waals surface area (Å²) in [5.74, 6) is -0.161. The molecule has 9 heteroatoms. The second kappa shape index (κ2) is 7.17. The number of hydrogen-bond donors (Lipinski definition) is 3. The lowest BCUT2D eigenvalue weighted by Crippen LogP contribution is -2.20. The highest BCUT2D eigenvalue weighted by Gasteiger charge is 2.33. The summed E-state index contributed by atoms with van der Waals surface area (Å²) < 4.78 is 38.8. The van der Waals surface area contributed by atoms with Crippen molar-refractivity contribution in [3.8, 4) is 5.75 Å². The number of fused-ring (bicyclic) bond motifs is 1. The van der Waals surface area contributed by atoms with Crippen molar-refractivity contribution < 1.29 is 23.1 Å². The van der Waals surface area contributed by atoms with Gasteiger partial charge in [0.15, 0.2) is 0 Å². The number of amides is 2. The zero-order chi connectivity index (χ0) is 19.8. The molecule has 0 aliphatic heterocycles. The highest BCUT2D eigenvalue weighted by molar-refractivity contribution is 6.38. The molecule has 0 bridgehead atoms. The SMILES string of the molecule is O=C(Nc1ccc(Cl)c(C(F)(F)F)c1)Nc1cccc2ccc(O)c(Cl)c12. The fraction of sp³-hybridized carbons (Fsp3) is 0.0556. The normalized spacial score (nSPS) is 11.4. The number of hydrogen-bond acceptors (Lipinski definition) is 2. The van der Waals surface area contributed by atoms with Crippen molar-refractivity contribution in [3.05, 3.63) is 64.1 Å². The van der Waals surface area contributed by atoms with E-state index in [2.05, 4.69) is 10.6 Å². The van der Waals surface area contributed by atoms with Crippen molar-refractivity contribution in [1.29, 1.82) is 0 Å². The molecule has 0 saturated carbocycles. The van der Waals surface area contributed by atoms with Gasteiger partial charge in [-0.05, 0) is 35.7 Å². The number of aromatic hydroxyl groups is 1. The molecular formula is C18H11Cl2F3N2O2. The van der Waals surface area contributed by atoms with E-state index in [1.807, 2.05) is 0 Å². The third-order valence-corrected chi connectivity index (χ3v) is 4.45. The van der Waals surface area contributed by atoms with Crippen LogP contribution in [0.2, 0.25) is 10.0 Å². The minimum atomic E-state index is -4.65. The number of nitrogens with one attached hydrogen (secondary N) is 2. The highest BCUT2D eigenvalue weighted by Crippen LogP contribution is 2.37. The minimum absolute atomic E-state index is 0.0502. The molecule has 0 atom stereocenters. The number of halogens is 5. The van der Waals surface area contributed by atoms with E-state index in [0.29, 0.717) is 10.8 Å². The van der Waals surface area contributed by atoms with Gasteiger partial charge in [-0.2, -0.15) is 13.2 Å². The summed E-state index contributed by atoms with van der Waals surface area (Å²) in [7, 11) is 0. The Morgan fingerprint density at radius 2 is 1.74 bits per heavy atom. The number of phenolic OH excluding ortho intramolecular Hbond substituents is 1. The summed E-state index contributed by atoms with van der Waals surface area (Å²) in [5.41, 5.74) is -0.852. The van der Waals surface area contributed by atoms with Gasteiger partial charge >= 0.3 is 12.2 Å². The van der Waals surface area contributed by atoms with Gasteiger partial charge in [-0.25, -0.2) is 4.79 Å². The van der Waals surface area contributed by atoms with Crippen LogP contribution in [0.25, 0.3) is 10.8 Å². The Kier molecular flexibility index (Phi) is 5.08. The molecule has 0 spiro atoms. The van der Waals surface area contributed by atoms with E-state index in [1.165, 1.54) is 12.1 Å². The summed E-state index contributed by atoms with van der Waals surface area (Å²) in [6.45, 7) is 0. The maximum atomic E-state index is 12.9. The number of rotatable bonds is 2. The van der Waals surface area contributed by atoms with Crippen molar-refractivity contribution in [1.82, 2.24) is 0 Å². The molecule has 3 aromatic rings. The van der Waals surface area contributed by atoms with Gasteiger partial charge in [-0.3, -0.25) is 0 Å². The maximum absolute atomic E-state index is 12.9. The van der Waals surface area contributed by atoms with Crippen molar-refractivity contribution in [3.63, 3.8) is 0 Å². The van der Waals surface area contributed by atoms with Crippen LogP contribution in [-0.2, 0) is 6.18 Å². The molecule has 0 aromatic heterocycles. The summed E-state index contributed by atoms with van der Waals surface area (Å²) in [4.78, 5) is 12.2. The van der Waals surface area contributed by atoms with E-state index >= 15 is 0 Å². The molecule has 0 aliphatic carbocycles. The van der Waals surface area contributed by atoms with E-state index in [9.17, 15) is 23.1 Å². The first-order valence-electron chi connectivity index (χ1n) is 7.52. The van der Waals surface area contributed by atoms with Crippen LogP contribution in [0.3, 0.4) is 0 Å². The first-order valence-corrected chi connectivity index (χ1v) is 8.27. The molecule has 0 fully saturated rings. The summed E-state index contributed by atoms with van der Waals surface area (Å²) >= 11 is 11.7. The fourth-order valence-corrected chi connectivity index (χ4v) is 3.03. The molecule has 3 N–H and O–H groups in total. The van der Waals surface area contributed by atoms with Crippen LogP contribution < -0.4 is 10.6 Å². The smallest absolute Gasteiger partial charge is 0.417 e. The molecule has 0 unspecified atom stereocenters. The van der Waals surface area contributed by atoms with Crippen molar-refractivity contribution >= 4 is 51.4 Å². The van der Waals surface area contributed by atoms with Crippen LogP contribution in [0.15, 0.2) is 48.5 Å². The van der Waals surface area contributed by atoms with Crippen molar-refractivity contribution in [2.45, 2.75) is 6.18 Å². The third-order valence-electron chi connectivity index (χ3n) is 3.74. The summed E-state index contributed by atoms with van der Waals surface area (Å²) in [5, 5.41) is 15.2. The number of carbonyl (C=O) groups is 1. The van der Waals surface area contributed by atoms with Gasteiger partial charge in [-0.1, -0.05) is 41.4 Å². The van der Waals surface area contributed by atoms with Gasteiger partial charge in [0.2, 0.25) is 0 Å². The summed E-state index contributed by atoms with van der Waals surface area (Å²) in [6, 6.07) is 10.2. The Hall–Kier alpha value is -2.64. The number of carbonyl (C=O) groups excluding carboxylic acids is 1. The van der Waals surface area contributed by atoms with Crippen LogP contribution in [-0.4, -0.2) is 11.1 Å². The summed E-state index contributed by atoms with van der Waals surface area (Å²) in [6.07, 6.45) is -4.65. The first-order chi connectivity index (χ1) is 12.7. The van der Waals surface area contributed by atoms with Gasteiger partial charge in [0.25, 0.3) is 0 Å². The third kappa shape index (κ3) is 4.04. The van der Waals surface area contributed by atoms with Gasteiger partial charge in [0, 0.05) is 11.1 Å². The molecule has 0 radical (unpaired) electrons. The van der Waals surface area contributed by atoms with E-state index in [4.69, 9.17) is 23.2 Å². The van der Waals surface area contributed by atoms with Crippen LogP contribution in [0.4, 0.5) is 29.3 Å². The number of alkyl halides is 3. The van der Waals surface area contributed by atoms with Gasteiger partial charge in [0.1, 0.15) is 5.75 Å². The quantitative estimate of drug-likeness (QED) is 0.447. The molecular weight excluding hydrogens is 404 g/mol.